The lowest BCUT2D eigenvalue weighted by Crippen LogP contribution is -2.56. The number of aliphatic hydroxyl groups excluding tert-OH is 2. The highest BCUT2D eigenvalue weighted by Crippen LogP contribution is 2.42. The molecule has 2 atom stereocenters. The van der Waals surface area contributed by atoms with E-state index in [4.69, 9.17) is 10.2 Å². The van der Waals surface area contributed by atoms with Crippen LogP contribution in [-0.2, 0) is 4.74 Å². The molecule has 18 heavy (non-hydrogen) atoms. The van der Waals surface area contributed by atoms with Crippen molar-refractivity contribution < 1.29 is 54.5 Å². The summed E-state index contributed by atoms with van der Waals surface area (Å²) < 4.78 is 110. The van der Waals surface area contributed by atoms with Crippen molar-refractivity contribution in [2.45, 2.75) is 30.4 Å². The Labute approximate surface area is 92.8 Å². The van der Waals surface area contributed by atoms with E-state index in [0.29, 0.717) is 0 Å². The molecule has 0 aliphatic rings. The maximum absolute atomic E-state index is 12.7. The summed E-state index contributed by atoms with van der Waals surface area (Å²) >= 11 is 0. The summed E-state index contributed by atoms with van der Waals surface area (Å²) in [6.07, 6.45) is -22.9. The van der Waals surface area contributed by atoms with Crippen LogP contribution in [-0.4, -0.2) is 47.2 Å². The Morgan fingerprint density at radius 3 is 1.50 bits per heavy atom. The molecule has 0 saturated heterocycles. The summed E-state index contributed by atoms with van der Waals surface area (Å²) in [4.78, 5) is 0. The van der Waals surface area contributed by atoms with Crippen LogP contribution in [0.2, 0.25) is 0 Å². The molecule has 0 aromatic rings. The second-order valence-electron chi connectivity index (χ2n) is 2.99. The molecule has 0 fully saturated rings. The van der Waals surface area contributed by atoms with E-state index in [1.165, 1.54) is 0 Å². The molecule has 0 aliphatic heterocycles. The highest BCUT2D eigenvalue weighted by molar-refractivity contribution is 4.83. The minimum Gasteiger partial charge on any atom is -0.390 e. The van der Waals surface area contributed by atoms with Crippen LogP contribution in [0.25, 0.3) is 0 Å². The van der Waals surface area contributed by atoms with E-state index in [1.807, 2.05) is 0 Å². The second-order valence-corrected chi connectivity index (χ2v) is 2.99. The van der Waals surface area contributed by atoms with Crippen molar-refractivity contribution >= 4 is 0 Å². The number of aliphatic hydroxyl groups is 2. The topological polar surface area (TPSA) is 49.7 Å². The molecule has 0 heterocycles. The van der Waals surface area contributed by atoms with Gasteiger partial charge in [-0.15, -0.1) is 0 Å². The number of halogens is 9. The second kappa shape index (κ2) is 4.74. The van der Waals surface area contributed by atoms with Crippen LogP contribution in [0.4, 0.5) is 39.5 Å². The molecule has 2 unspecified atom stereocenters. The lowest BCUT2D eigenvalue weighted by molar-refractivity contribution is -0.449. The summed E-state index contributed by atoms with van der Waals surface area (Å²) in [5.41, 5.74) is 0. The lowest BCUT2D eigenvalue weighted by Gasteiger charge is -2.32. The molecule has 3 nitrogen and oxygen atoms in total. The van der Waals surface area contributed by atoms with Crippen LogP contribution in [0.3, 0.4) is 0 Å². The molecule has 0 aromatic carbocycles. The van der Waals surface area contributed by atoms with Gasteiger partial charge in [0, 0.05) is 0 Å². The fourth-order valence-electron chi connectivity index (χ4n) is 0.642. The number of ether oxygens (including phenoxy) is 1. The van der Waals surface area contributed by atoms with Crippen LogP contribution >= 0.6 is 0 Å². The molecule has 2 N–H and O–H groups in total. The van der Waals surface area contributed by atoms with E-state index < -0.39 is 37.0 Å². The van der Waals surface area contributed by atoms with Gasteiger partial charge in [0.2, 0.25) is 6.10 Å². The summed E-state index contributed by atoms with van der Waals surface area (Å²) in [6.45, 7) is -2.71. The Morgan fingerprint density at radius 1 is 0.889 bits per heavy atom. The quantitative estimate of drug-likeness (QED) is 0.777. The van der Waals surface area contributed by atoms with E-state index in [0.717, 1.165) is 0 Å². The van der Waals surface area contributed by atoms with E-state index in [2.05, 4.69) is 4.74 Å². The van der Waals surface area contributed by atoms with Crippen molar-refractivity contribution in [1.29, 1.82) is 0 Å². The zero-order chi connectivity index (χ0) is 15.0. The summed E-state index contributed by atoms with van der Waals surface area (Å²) in [7, 11) is 0. The molecule has 0 spiro atoms. The zero-order valence-electron chi connectivity index (χ0n) is 7.99. The van der Waals surface area contributed by atoms with Crippen LogP contribution < -0.4 is 0 Å². The predicted molar refractivity (Wildman–Crippen MR) is 35.1 cm³/mol. The first-order chi connectivity index (χ1) is 7.67. The first-order valence-electron chi connectivity index (χ1n) is 3.86. The Bertz CT molecular complexity index is 285. The molecule has 0 saturated carbocycles. The first kappa shape index (κ1) is 17.2. The van der Waals surface area contributed by atoms with E-state index in [9.17, 15) is 39.5 Å². The van der Waals surface area contributed by atoms with Crippen molar-refractivity contribution in [1.82, 2.24) is 0 Å². The average molecular weight is 296 g/mol. The maximum atomic E-state index is 12.7. The Balaban J connectivity index is 5.18. The molecule has 0 rings (SSSR count). The van der Waals surface area contributed by atoms with Gasteiger partial charge in [-0.05, 0) is 0 Å². The molecule has 0 radical (unpaired) electrons. The third kappa shape index (κ3) is 3.62. The number of hydrogen-bond donors (Lipinski definition) is 2. The average Bonchev–Trinajstić information content (AvgIpc) is 2.12. The van der Waals surface area contributed by atoms with E-state index >= 15 is 0 Å². The van der Waals surface area contributed by atoms with Crippen molar-refractivity contribution in [3.8, 4) is 0 Å². The van der Waals surface area contributed by atoms with Crippen molar-refractivity contribution in [2.24, 2.45) is 0 Å². The van der Waals surface area contributed by atoms with Crippen LogP contribution in [0.15, 0.2) is 0 Å². The fraction of sp³-hybridized carbons (Fsp3) is 1.00. The van der Waals surface area contributed by atoms with Gasteiger partial charge in [0.25, 0.3) is 0 Å². The maximum Gasteiger partial charge on any atom is 0.451 e. The van der Waals surface area contributed by atoms with Crippen LogP contribution in [0, 0.1) is 0 Å². The van der Waals surface area contributed by atoms with Crippen molar-refractivity contribution in [2.75, 3.05) is 6.61 Å². The third-order valence-corrected chi connectivity index (χ3v) is 1.55. The summed E-state index contributed by atoms with van der Waals surface area (Å²) in [6, 6.07) is 0. The van der Waals surface area contributed by atoms with Gasteiger partial charge in [-0.2, -0.15) is 39.5 Å². The Morgan fingerprint density at radius 2 is 1.28 bits per heavy atom. The van der Waals surface area contributed by atoms with E-state index in [1.54, 1.807) is 0 Å². The summed E-state index contributed by atoms with van der Waals surface area (Å²) in [5, 5.41) is 16.0. The molecule has 0 bridgehead atoms. The van der Waals surface area contributed by atoms with Gasteiger partial charge in [-0.1, -0.05) is 0 Å². The number of alkyl halides is 9. The van der Waals surface area contributed by atoms with Gasteiger partial charge in [0.15, 0.2) is 0 Å². The lowest BCUT2D eigenvalue weighted by atomic mass is 10.3. The smallest absolute Gasteiger partial charge is 0.390 e. The van der Waals surface area contributed by atoms with Gasteiger partial charge in [0.05, 0.1) is 0 Å². The molecule has 12 heteroatoms. The van der Waals surface area contributed by atoms with Gasteiger partial charge in [-0.3, -0.25) is 4.74 Å². The Kier molecular flexibility index (Phi) is 4.54. The predicted octanol–water partition coefficient (Wildman–Crippen LogP) is 1.74. The zero-order valence-corrected chi connectivity index (χ0v) is 7.99. The molecule has 0 aliphatic carbocycles. The highest BCUT2D eigenvalue weighted by Gasteiger charge is 2.66. The number of hydrogen-bond acceptors (Lipinski definition) is 3. The van der Waals surface area contributed by atoms with E-state index in [-0.39, 0.29) is 0 Å². The minimum atomic E-state index is -6.23. The standard InChI is InChI=1S/C6H5F9O3/c7-3(1-16,6(13,14)15)18-5(11,12)2(17)4(8,9)10/h2,16-17H,1H2. The molecule has 0 amide bonds. The minimum absolute atomic E-state index is 2.28. The summed E-state index contributed by atoms with van der Waals surface area (Å²) in [5.74, 6) is -5.44. The van der Waals surface area contributed by atoms with Gasteiger partial charge >= 0.3 is 24.3 Å². The molecular formula is C6H5F9O3. The fourth-order valence-corrected chi connectivity index (χ4v) is 0.642. The van der Waals surface area contributed by atoms with Crippen LogP contribution in [0.5, 0.6) is 0 Å². The SMILES string of the molecule is OCC(F)(OC(F)(F)C(O)C(F)(F)F)C(F)(F)F. The van der Waals surface area contributed by atoms with Gasteiger partial charge < -0.3 is 10.2 Å². The third-order valence-electron chi connectivity index (χ3n) is 1.55. The van der Waals surface area contributed by atoms with Crippen molar-refractivity contribution in [3.63, 3.8) is 0 Å². The highest BCUT2D eigenvalue weighted by atomic mass is 19.4. The first-order valence-corrected chi connectivity index (χ1v) is 3.86. The monoisotopic (exact) mass is 296 g/mol. The molecule has 0 aromatic heterocycles. The van der Waals surface area contributed by atoms with Gasteiger partial charge in [0.1, 0.15) is 6.61 Å². The van der Waals surface area contributed by atoms with Crippen molar-refractivity contribution in [3.05, 3.63) is 0 Å². The number of rotatable bonds is 4. The molecular weight excluding hydrogens is 291 g/mol. The molecule has 110 valence electrons. The normalized spacial score (nSPS) is 19.5. The Hall–Kier alpha value is -0.750. The van der Waals surface area contributed by atoms with Gasteiger partial charge in [-0.25, -0.2) is 0 Å². The largest absolute Gasteiger partial charge is 0.451 e. The van der Waals surface area contributed by atoms with Crippen LogP contribution in [0.1, 0.15) is 0 Å².